The number of rotatable bonds is 4. The number of aldehydes is 1. The Hall–Kier alpha value is -1.63. The number of hydrogen-bond acceptors (Lipinski definition) is 4. The zero-order valence-corrected chi connectivity index (χ0v) is 9.36. The highest BCUT2D eigenvalue weighted by Gasteiger charge is 2.20. The highest BCUT2D eigenvalue weighted by atomic mass is 79.9. The van der Waals surface area contributed by atoms with Crippen molar-refractivity contribution in [2.24, 2.45) is 0 Å². The van der Waals surface area contributed by atoms with Gasteiger partial charge in [0, 0.05) is 12.1 Å². The van der Waals surface area contributed by atoms with Gasteiger partial charge in [0.25, 0.3) is 5.69 Å². The van der Waals surface area contributed by atoms with Gasteiger partial charge in [0.2, 0.25) is 0 Å². The second-order valence-electron chi connectivity index (χ2n) is 2.83. The van der Waals surface area contributed by atoms with Crippen LogP contribution in [-0.2, 0) is 0 Å². The molecule has 16 heavy (non-hydrogen) atoms. The fourth-order valence-corrected chi connectivity index (χ4v) is 1.40. The number of alkyl halides is 1. The summed E-state index contributed by atoms with van der Waals surface area (Å²) in [6.45, 7) is 0. The molecule has 0 bridgehead atoms. The van der Waals surface area contributed by atoms with Crippen LogP contribution in [0.5, 0.6) is 0 Å². The molecule has 0 saturated heterocycles. The van der Waals surface area contributed by atoms with Gasteiger partial charge in [0.05, 0.1) is 21.4 Å². The number of non-ortho nitro benzene ring substituents is 1. The van der Waals surface area contributed by atoms with Gasteiger partial charge in [-0.1, -0.05) is 15.9 Å². The van der Waals surface area contributed by atoms with Crippen LogP contribution in [0.1, 0.15) is 20.7 Å². The minimum atomic E-state index is -1.04. The Morgan fingerprint density at radius 1 is 1.56 bits per heavy atom. The van der Waals surface area contributed by atoms with E-state index >= 15 is 0 Å². The Labute approximate surface area is 97.5 Å². The molecule has 1 rings (SSSR count). The molecule has 7 heteroatoms. The minimum absolute atomic E-state index is 0.132. The van der Waals surface area contributed by atoms with Crippen molar-refractivity contribution in [2.75, 3.05) is 5.33 Å². The van der Waals surface area contributed by atoms with Crippen molar-refractivity contribution < 1.29 is 18.9 Å². The van der Waals surface area contributed by atoms with E-state index in [1.807, 2.05) is 0 Å². The van der Waals surface area contributed by atoms with E-state index < -0.39 is 33.3 Å². The molecule has 0 unspecified atom stereocenters. The van der Waals surface area contributed by atoms with Crippen molar-refractivity contribution in [3.05, 3.63) is 39.2 Å². The number of ketones is 1. The smallest absolute Gasteiger partial charge is 0.271 e. The molecule has 0 aromatic heterocycles. The normalized spacial score (nSPS) is 9.88. The topological polar surface area (TPSA) is 77.3 Å². The third-order valence-electron chi connectivity index (χ3n) is 1.85. The van der Waals surface area contributed by atoms with E-state index in [9.17, 15) is 24.1 Å². The van der Waals surface area contributed by atoms with Gasteiger partial charge in [-0.25, -0.2) is 4.39 Å². The van der Waals surface area contributed by atoms with Crippen LogP contribution in [0.15, 0.2) is 12.1 Å². The standard InChI is InChI=1S/C9H5BrFNO4/c10-3-8(14)7-2-6(12(15)16)1-5(4-13)9(7)11/h1-2,4H,3H2. The van der Waals surface area contributed by atoms with Gasteiger partial charge >= 0.3 is 0 Å². The summed E-state index contributed by atoms with van der Waals surface area (Å²) in [6.07, 6.45) is 0.132. The quantitative estimate of drug-likeness (QED) is 0.280. The van der Waals surface area contributed by atoms with Gasteiger partial charge in [-0.15, -0.1) is 0 Å². The van der Waals surface area contributed by atoms with Crippen molar-refractivity contribution in [2.45, 2.75) is 0 Å². The summed E-state index contributed by atoms with van der Waals surface area (Å²) >= 11 is 2.82. The van der Waals surface area contributed by atoms with Gasteiger partial charge in [-0.2, -0.15) is 0 Å². The maximum absolute atomic E-state index is 13.5. The van der Waals surface area contributed by atoms with Crippen LogP contribution >= 0.6 is 15.9 Å². The Kier molecular flexibility index (Phi) is 3.83. The van der Waals surface area contributed by atoms with Gasteiger partial charge in [0.15, 0.2) is 12.1 Å². The van der Waals surface area contributed by atoms with Crippen molar-refractivity contribution in [3.8, 4) is 0 Å². The molecule has 0 aliphatic heterocycles. The SMILES string of the molecule is O=Cc1cc([N+](=O)[O-])cc(C(=O)CBr)c1F. The number of carbonyl (C=O) groups is 2. The molecule has 0 amide bonds. The maximum Gasteiger partial charge on any atom is 0.271 e. The second-order valence-corrected chi connectivity index (χ2v) is 3.39. The summed E-state index contributed by atoms with van der Waals surface area (Å²) in [5.41, 5.74) is -1.46. The average molecular weight is 290 g/mol. The third kappa shape index (κ3) is 2.30. The lowest BCUT2D eigenvalue weighted by Gasteiger charge is -2.02. The first-order valence-electron chi connectivity index (χ1n) is 4.03. The van der Waals surface area contributed by atoms with Crippen molar-refractivity contribution in [1.29, 1.82) is 0 Å². The van der Waals surface area contributed by atoms with Gasteiger partial charge in [-0.3, -0.25) is 19.7 Å². The lowest BCUT2D eigenvalue weighted by Crippen LogP contribution is -2.07. The maximum atomic E-state index is 13.5. The van der Waals surface area contributed by atoms with Crippen molar-refractivity contribution >= 4 is 33.7 Å². The van der Waals surface area contributed by atoms with Crippen LogP contribution in [0.4, 0.5) is 10.1 Å². The summed E-state index contributed by atoms with van der Waals surface area (Å²) in [5, 5.41) is 10.3. The first kappa shape index (κ1) is 12.4. The highest BCUT2D eigenvalue weighted by molar-refractivity contribution is 9.09. The summed E-state index contributed by atoms with van der Waals surface area (Å²) in [5.74, 6) is -1.70. The first-order chi connectivity index (χ1) is 7.51. The van der Waals surface area contributed by atoms with E-state index in [0.717, 1.165) is 12.1 Å². The van der Waals surface area contributed by atoms with Crippen LogP contribution in [0.3, 0.4) is 0 Å². The molecule has 1 aromatic carbocycles. The predicted molar refractivity (Wildman–Crippen MR) is 56.6 cm³/mol. The van der Waals surface area contributed by atoms with Crippen molar-refractivity contribution in [1.82, 2.24) is 0 Å². The van der Waals surface area contributed by atoms with Crippen LogP contribution in [0.2, 0.25) is 0 Å². The number of carbonyl (C=O) groups excluding carboxylic acids is 2. The molecule has 0 spiro atoms. The Bertz CT molecular complexity index is 475. The second kappa shape index (κ2) is 4.93. The number of Topliss-reactive ketones (excluding diaryl/α,β-unsaturated/α-hetero) is 1. The molecular weight excluding hydrogens is 285 g/mol. The molecule has 0 heterocycles. The van der Waals surface area contributed by atoms with Gasteiger partial charge < -0.3 is 0 Å². The number of benzene rings is 1. The number of nitrogens with zero attached hydrogens (tertiary/aromatic N) is 1. The first-order valence-corrected chi connectivity index (χ1v) is 5.15. The molecule has 0 aliphatic carbocycles. The molecule has 5 nitrogen and oxygen atoms in total. The lowest BCUT2D eigenvalue weighted by atomic mass is 10.1. The Morgan fingerprint density at radius 3 is 2.62 bits per heavy atom. The molecule has 0 saturated carbocycles. The van der Waals surface area contributed by atoms with Crippen LogP contribution in [0.25, 0.3) is 0 Å². The number of hydrogen-bond donors (Lipinski definition) is 0. The highest BCUT2D eigenvalue weighted by Crippen LogP contribution is 2.21. The Morgan fingerprint density at radius 2 is 2.19 bits per heavy atom. The molecule has 0 aliphatic rings. The van der Waals surface area contributed by atoms with Gasteiger partial charge in [0.1, 0.15) is 5.82 Å². The van der Waals surface area contributed by atoms with Crippen LogP contribution < -0.4 is 0 Å². The molecule has 0 atom stereocenters. The average Bonchev–Trinajstić information content (AvgIpc) is 2.28. The Balaban J connectivity index is 3.47. The summed E-state index contributed by atoms with van der Waals surface area (Å²) in [7, 11) is 0. The fourth-order valence-electron chi connectivity index (χ4n) is 1.10. The monoisotopic (exact) mass is 289 g/mol. The number of halogens is 2. The number of nitro benzene ring substituents is 1. The van der Waals surface area contributed by atoms with Crippen LogP contribution in [0, 0.1) is 15.9 Å². The zero-order valence-electron chi connectivity index (χ0n) is 7.78. The molecule has 84 valence electrons. The van der Waals surface area contributed by atoms with E-state index in [0.29, 0.717) is 0 Å². The molecule has 0 fully saturated rings. The van der Waals surface area contributed by atoms with Crippen LogP contribution in [-0.4, -0.2) is 22.3 Å². The fraction of sp³-hybridized carbons (Fsp3) is 0.111. The van der Waals surface area contributed by atoms with E-state index in [1.165, 1.54) is 0 Å². The summed E-state index contributed by atoms with van der Waals surface area (Å²) < 4.78 is 13.5. The van der Waals surface area contributed by atoms with E-state index in [4.69, 9.17) is 0 Å². The largest absolute Gasteiger partial charge is 0.298 e. The van der Waals surface area contributed by atoms with Crippen molar-refractivity contribution in [3.63, 3.8) is 0 Å². The summed E-state index contributed by atoms with van der Waals surface area (Å²) in [6, 6.07) is 1.60. The van der Waals surface area contributed by atoms with E-state index in [-0.39, 0.29) is 11.6 Å². The zero-order chi connectivity index (χ0) is 12.3. The molecule has 1 aromatic rings. The number of nitro groups is 1. The van der Waals surface area contributed by atoms with E-state index in [1.54, 1.807) is 0 Å². The minimum Gasteiger partial charge on any atom is -0.298 e. The van der Waals surface area contributed by atoms with Gasteiger partial charge in [-0.05, 0) is 0 Å². The third-order valence-corrected chi connectivity index (χ3v) is 2.35. The lowest BCUT2D eigenvalue weighted by molar-refractivity contribution is -0.384. The van der Waals surface area contributed by atoms with E-state index in [2.05, 4.69) is 15.9 Å². The summed E-state index contributed by atoms with van der Waals surface area (Å²) in [4.78, 5) is 31.4. The molecule has 0 radical (unpaired) electrons. The molecular formula is C9H5BrFNO4. The molecule has 0 N–H and O–H groups in total. The predicted octanol–water partition coefficient (Wildman–Crippen LogP) is 2.12.